The van der Waals surface area contributed by atoms with Crippen LogP contribution < -0.4 is 5.32 Å². The molecule has 0 radical (unpaired) electrons. The van der Waals surface area contributed by atoms with Crippen molar-refractivity contribution < 1.29 is 9.18 Å². The van der Waals surface area contributed by atoms with Crippen LogP contribution in [0.2, 0.25) is 5.02 Å². The lowest BCUT2D eigenvalue weighted by molar-refractivity contribution is 0.100. The molecule has 0 bridgehead atoms. The zero-order chi connectivity index (χ0) is 20.7. The number of amides is 1. The Kier molecular flexibility index (Phi) is 5.00. The average Bonchev–Trinajstić information content (AvgIpc) is 3.30. The lowest BCUT2D eigenvalue weighted by Crippen LogP contribution is -2.31. The molecule has 1 fully saturated rings. The molecule has 1 saturated heterocycles. The summed E-state index contributed by atoms with van der Waals surface area (Å²) in [6, 6.07) is 13.8. The van der Waals surface area contributed by atoms with Crippen molar-refractivity contribution in [3.05, 3.63) is 76.6 Å². The molecule has 1 amide bonds. The summed E-state index contributed by atoms with van der Waals surface area (Å²) in [5, 5.41) is 11.8. The van der Waals surface area contributed by atoms with Crippen LogP contribution in [0.1, 0.15) is 22.0 Å². The Morgan fingerprint density at radius 3 is 2.70 bits per heavy atom. The van der Waals surface area contributed by atoms with E-state index in [1.54, 1.807) is 12.1 Å². The summed E-state index contributed by atoms with van der Waals surface area (Å²) >= 11 is 5.99. The minimum absolute atomic E-state index is 0.281. The van der Waals surface area contributed by atoms with E-state index >= 15 is 0 Å². The van der Waals surface area contributed by atoms with Crippen molar-refractivity contribution in [2.24, 2.45) is 11.8 Å². The number of nitrogens with zero attached hydrogens (tertiary/aromatic N) is 4. The fourth-order valence-electron chi connectivity index (χ4n) is 4.52. The van der Waals surface area contributed by atoms with Gasteiger partial charge in [0.15, 0.2) is 0 Å². The molecular weight excluding hydrogens is 405 g/mol. The van der Waals surface area contributed by atoms with Crippen molar-refractivity contribution in [2.45, 2.75) is 19.5 Å². The van der Waals surface area contributed by atoms with Gasteiger partial charge in [0.05, 0.1) is 0 Å². The van der Waals surface area contributed by atoms with Crippen LogP contribution in [0.4, 0.5) is 10.1 Å². The number of hydrogen-bond donors (Lipinski definition) is 1. The number of anilines is 1. The third kappa shape index (κ3) is 3.82. The standard InChI is InChI=1S/C22H21ClFN5O/c23-17-6-4-14(5-7-17)10-28-11-15-8-20-26-27-21(29(20)13-16(15)12-28)22(30)25-19-3-1-2-18(24)9-19/h1-7,9,15-16H,8,10-13H2,(H,25,30)/t15-,16+/m1/s1. The lowest BCUT2D eigenvalue weighted by atomic mass is 9.89. The number of carbonyl (C=O) groups excluding carboxylic acids is 1. The smallest absolute Gasteiger partial charge is 0.293 e. The number of halogens is 2. The second kappa shape index (κ2) is 7.81. The molecule has 2 aliphatic rings. The van der Waals surface area contributed by atoms with Crippen molar-refractivity contribution >= 4 is 23.2 Å². The van der Waals surface area contributed by atoms with Crippen molar-refractivity contribution in [1.29, 1.82) is 0 Å². The molecule has 0 unspecified atom stereocenters. The second-order valence-corrected chi connectivity index (χ2v) is 8.50. The summed E-state index contributed by atoms with van der Waals surface area (Å²) in [6.45, 7) is 3.58. The largest absolute Gasteiger partial charge is 0.319 e. The number of benzene rings is 2. The van der Waals surface area contributed by atoms with Gasteiger partial charge in [-0.2, -0.15) is 0 Å². The molecule has 3 aromatic rings. The van der Waals surface area contributed by atoms with Crippen LogP contribution in [0, 0.1) is 17.7 Å². The third-order valence-corrected chi connectivity index (χ3v) is 6.20. The van der Waals surface area contributed by atoms with E-state index in [0.717, 1.165) is 43.4 Å². The van der Waals surface area contributed by atoms with Gasteiger partial charge in [-0.15, -0.1) is 10.2 Å². The Morgan fingerprint density at radius 1 is 1.10 bits per heavy atom. The van der Waals surface area contributed by atoms with Gasteiger partial charge >= 0.3 is 0 Å². The van der Waals surface area contributed by atoms with Crippen LogP contribution >= 0.6 is 11.6 Å². The van der Waals surface area contributed by atoms with Gasteiger partial charge in [0, 0.05) is 43.3 Å². The van der Waals surface area contributed by atoms with E-state index in [4.69, 9.17) is 11.6 Å². The summed E-state index contributed by atoms with van der Waals surface area (Å²) in [4.78, 5) is 15.2. The number of nitrogens with one attached hydrogen (secondary N) is 1. The quantitative estimate of drug-likeness (QED) is 0.693. The van der Waals surface area contributed by atoms with Crippen molar-refractivity contribution in [3.63, 3.8) is 0 Å². The van der Waals surface area contributed by atoms with Crippen molar-refractivity contribution in [1.82, 2.24) is 19.7 Å². The highest BCUT2D eigenvalue weighted by atomic mass is 35.5. The van der Waals surface area contributed by atoms with Gasteiger partial charge in [-0.1, -0.05) is 29.8 Å². The molecule has 0 aliphatic carbocycles. The third-order valence-electron chi connectivity index (χ3n) is 5.95. The fourth-order valence-corrected chi connectivity index (χ4v) is 4.65. The SMILES string of the molecule is O=C(Nc1cccc(F)c1)c1nnc2n1C[C@@H]1CN(Cc3ccc(Cl)cc3)C[C@H]1C2. The molecule has 2 aromatic carbocycles. The van der Waals surface area contributed by atoms with Crippen LogP contribution in [0.15, 0.2) is 48.5 Å². The maximum atomic E-state index is 13.4. The number of aromatic nitrogens is 3. The molecule has 0 spiro atoms. The molecule has 6 nitrogen and oxygen atoms in total. The Balaban J connectivity index is 1.27. The van der Waals surface area contributed by atoms with E-state index in [1.807, 2.05) is 16.7 Å². The molecule has 3 heterocycles. The van der Waals surface area contributed by atoms with Gasteiger partial charge in [-0.05, 0) is 47.7 Å². The highest BCUT2D eigenvalue weighted by Crippen LogP contribution is 2.33. The lowest BCUT2D eigenvalue weighted by Gasteiger charge is -2.25. The Morgan fingerprint density at radius 2 is 1.90 bits per heavy atom. The van der Waals surface area contributed by atoms with Crippen LogP contribution in [-0.2, 0) is 19.5 Å². The average molecular weight is 426 g/mol. The first-order valence-corrected chi connectivity index (χ1v) is 10.4. The number of hydrogen-bond acceptors (Lipinski definition) is 4. The maximum Gasteiger partial charge on any atom is 0.293 e. The zero-order valence-electron chi connectivity index (χ0n) is 16.3. The van der Waals surface area contributed by atoms with Gasteiger partial charge < -0.3 is 9.88 Å². The molecule has 2 atom stereocenters. The second-order valence-electron chi connectivity index (χ2n) is 8.06. The monoisotopic (exact) mass is 425 g/mol. The number of carbonyl (C=O) groups is 1. The molecule has 0 saturated carbocycles. The molecule has 8 heteroatoms. The highest BCUT2D eigenvalue weighted by molar-refractivity contribution is 6.30. The Hall–Kier alpha value is -2.77. The zero-order valence-corrected chi connectivity index (χ0v) is 17.0. The first-order valence-electron chi connectivity index (χ1n) is 10.0. The molecule has 1 N–H and O–H groups in total. The van der Waals surface area contributed by atoms with Gasteiger partial charge in [0.25, 0.3) is 5.91 Å². The van der Waals surface area contributed by atoms with Gasteiger partial charge in [0.2, 0.25) is 5.82 Å². The van der Waals surface area contributed by atoms with Gasteiger partial charge in [0.1, 0.15) is 11.6 Å². The van der Waals surface area contributed by atoms with E-state index in [1.165, 1.54) is 17.7 Å². The van der Waals surface area contributed by atoms with E-state index in [2.05, 4.69) is 32.5 Å². The summed E-state index contributed by atoms with van der Waals surface area (Å²) in [7, 11) is 0. The van der Waals surface area contributed by atoms with E-state index in [-0.39, 0.29) is 11.7 Å². The molecule has 1 aromatic heterocycles. The minimum Gasteiger partial charge on any atom is -0.319 e. The first kappa shape index (κ1) is 19.2. The molecular formula is C22H21ClFN5O. The Labute approximate surface area is 178 Å². The predicted molar refractivity (Wildman–Crippen MR) is 112 cm³/mol. The highest BCUT2D eigenvalue weighted by Gasteiger charge is 2.39. The summed E-state index contributed by atoms with van der Waals surface area (Å²) in [5.41, 5.74) is 1.65. The molecule has 5 rings (SSSR count). The Bertz CT molecular complexity index is 1080. The van der Waals surface area contributed by atoms with E-state index < -0.39 is 5.82 Å². The van der Waals surface area contributed by atoms with E-state index in [9.17, 15) is 9.18 Å². The number of rotatable bonds is 4. The van der Waals surface area contributed by atoms with Crippen molar-refractivity contribution in [2.75, 3.05) is 18.4 Å². The topological polar surface area (TPSA) is 63.1 Å². The van der Waals surface area contributed by atoms with Crippen LogP contribution in [0.25, 0.3) is 0 Å². The van der Waals surface area contributed by atoms with Gasteiger partial charge in [-0.25, -0.2) is 4.39 Å². The predicted octanol–water partition coefficient (Wildman–Crippen LogP) is 3.63. The molecule has 2 aliphatic heterocycles. The van der Waals surface area contributed by atoms with Crippen LogP contribution in [0.5, 0.6) is 0 Å². The fraction of sp³-hybridized carbons (Fsp3) is 0.318. The number of fused-ring (bicyclic) bond motifs is 2. The number of likely N-dealkylation sites (tertiary alicyclic amines) is 1. The first-order chi connectivity index (χ1) is 14.5. The van der Waals surface area contributed by atoms with Crippen LogP contribution in [-0.4, -0.2) is 38.7 Å². The summed E-state index contributed by atoms with van der Waals surface area (Å²) < 4.78 is 15.3. The van der Waals surface area contributed by atoms with Crippen molar-refractivity contribution in [3.8, 4) is 0 Å². The van der Waals surface area contributed by atoms with E-state index in [0.29, 0.717) is 17.5 Å². The van der Waals surface area contributed by atoms with Crippen LogP contribution in [0.3, 0.4) is 0 Å². The minimum atomic E-state index is -0.398. The molecule has 30 heavy (non-hydrogen) atoms. The molecule has 154 valence electrons. The van der Waals surface area contributed by atoms with Gasteiger partial charge in [-0.3, -0.25) is 9.69 Å². The maximum absolute atomic E-state index is 13.4. The summed E-state index contributed by atoms with van der Waals surface area (Å²) in [5.74, 6) is 1.31. The summed E-state index contributed by atoms with van der Waals surface area (Å²) in [6.07, 6.45) is 0.808. The normalized spacial score (nSPS) is 20.6.